The number of thiocarbonyl (C=S) groups is 1. The number of hydrogen-bond donors (Lipinski definition) is 3. The molecule has 3 aromatic rings. The van der Waals surface area contributed by atoms with Crippen LogP contribution in [0.1, 0.15) is 13.3 Å². The van der Waals surface area contributed by atoms with Crippen LogP contribution < -0.4 is 16.4 Å². The predicted octanol–water partition coefficient (Wildman–Crippen LogP) is 1.07. The van der Waals surface area contributed by atoms with E-state index in [1.807, 2.05) is 13.0 Å². The van der Waals surface area contributed by atoms with Gasteiger partial charge < -0.3 is 16.4 Å². The minimum atomic E-state index is -0.368. The Kier molecular flexibility index (Phi) is 5.32. The molecule has 9 nitrogen and oxygen atoms in total. The van der Waals surface area contributed by atoms with Crippen molar-refractivity contribution in [3.05, 3.63) is 30.7 Å². The predicted molar refractivity (Wildman–Crippen MR) is 102 cm³/mol. The summed E-state index contributed by atoms with van der Waals surface area (Å²) in [4.78, 5) is 24.3. The molecule has 0 unspecified atom stereocenters. The van der Waals surface area contributed by atoms with E-state index < -0.39 is 0 Å². The number of aryl methyl sites for hydroxylation is 1. The molecule has 26 heavy (non-hydrogen) atoms. The van der Waals surface area contributed by atoms with E-state index in [4.69, 9.17) is 18.0 Å². The quantitative estimate of drug-likeness (QED) is 0.551. The van der Waals surface area contributed by atoms with Gasteiger partial charge in [0, 0.05) is 31.3 Å². The van der Waals surface area contributed by atoms with Crippen LogP contribution in [-0.4, -0.2) is 42.3 Å². The van der Waals surface area contributed by atoms with Gasteiger partial charge in [-0.2, -0.15) is 5.10 Å². The lowest BCUT2D eigenvalue weighted by atomic mass is 10.2. The van der Waals surface area contributed by atoms with Crippen molar-refractivity contribution < 1.29 is 4.79 Å². The first kappa shape index (κ1) is 17.7. The Morgan fingerprint density at radius 3 is 2.92 bits per heavy atom. The van der Waals surface area contributed by atoms with Gasteiger partial charge in [0.05, 0.1) is 18.1 Å². The van der Waals surface area contributed by atoms with Crippen molar-refractivity contribution in [2.45, 2.75) is 19.9 Å². The number of nitrogens with two attached hydrogens (primary N) is 1. The van der Waals surface area contributed by atoms with E-state index in [0.717, 1.165) is 12.1 Å². The molecule has 0 spiro atoms. The Morgan fingerprint density at radius 1 is 1.31 bits per heavy atom. The minimum absolute atomic E-state index is 0.229. The van der Waals surface area contributed by atoms with Crippen molar-refractivity contribution in [1.29, 1.82) is 0 Å². The maximum absolute atomic E-state index is 10.9. The molecule has 0 radical (unpaired) electrons. The smallest absolute Gasteiger partial charge is 0.219 e. The van der Waals surface area contributed by atoms with Gasteiger partial charge in [-0.05, 0) is 31.3 Å². The molecular formula is C16H18N8OS. The molecule has 3 aromatic heterocycles. The standard InChI is InChI=1S/C16H18N8OS/c1-2-18-16(26)23-14-4-3-11-15(22-14)21-12(8-19-11)10-7-20-24(9-10)6-5-13(17)25/h3-4,7-9H,2,5-6H2,1H3,(H2,17,25)(H2,18,21,22,23,26). The summed E-state index contributed by atoms with van der Waals surface area (Å²) in [5, 5.41) is 10.7. The highest BCUT2D eigenvalue weighted by Gasteiger charge is 2.08. The summed E-state index contributed by atoms with van der Waals surface area (Å²) in [6, 6.07) is 3.62. The molecule has 0 aliphatic rings. The van der Waals surface area contributed by atoms with E-state index in [1.54, 1.807) is 29.3 Å². The van der Waals surface area contributed by atoms with Gasteiger partial charge in [0.15, 0.2) is 10.8 Å². The first-order chi connectivity index (χ1) is 12.5. The molecule has 0 atom stereocenters. The lowest BCUT2D eigenvalue weighted by Crippen LogP contribution is -2.28. The molecular weight excluding hydrogens is 352 g/mol. The number of carbonyl (C=O) groups is 1. The Morgan fingerprint density at radius 2 is 2.15 bits per heavy atom. The third-order valence-electron chi connectivity index (χ3n) is 3.50. The van der Waals surface area contributed by atoms with Crippen LogP contribution in [0.5, 0.6) is 0 Å². The fraction of sp³-hybridized carbons (Fsp3) is 0.250. The number of amides is 1. The van der Waals surface area contributed by atoms with Gasteiger partial charge in [-0.1, -0.05) is 0 Å². The molecule has 3 heterocycles. The zero-order chi connectivity index (χ0) is 18.5. The molecule has 1 amide bonds. The maximum atomic E-state index is 10.9. The number of aromatic nitrogens is 5. The summed E-state index contributed by atoms with van der Waals surface area (Å²) in [5.74, 6) is 0.222. The molecule has 0 aliphatic heterocycles. The molecule has 10 heteroatoms. The third kappa shape index (κ3) is 4.28. The van der Waals surface area contributed by atoms with E-state index in [-0.39, 0.29) is 12.3 Å². The van der Waals surface area contributed by atoms with E-state index in [2.05, 4.69) is 30.7 Å². The average molecular weight is 370 g/mol. The van der Waals surface area contributed by atoms with Gasteiger partial charge in [-0.15, -0.1) is 0 Å². The Hall–Kier alpha value is -3.14. The second kappa shape index (κ2) is 7.83. The maximum Gasteiger partial charge on any atom is 0.219 e. The van der Waals surface area contributed by atoms with Gasteiger partial charge in [-0.3, -0.25) is 14.5 Å². The number of nitrogens with zero attached hydrogens (tertiary/aromatic N) is 5. The third-order valence-corrected chi connectivity index (χ3v) is 3.75. The highest BCUT2D eigenvalue weighted by atomic mass is 32.1. The van der Waals surface area contributed by atoms with Crippen LogP contribution in [0, 0.1) is 0 Å². The molecule has 0 aliphatic carbocycles. The second-order valence-corrected chi connectivity index (χ2v) is 5.90. The topological polar surface area (TPSA) is 124 Å². The number of primary amides is 1. The number of nitrogens with one attached hydrogen (secondary N) is 2. The van der Waals surface area contributed by atoms with E-state index in [1.165, 1.54) is 0 Å². The molecule has 0 saturated heterocycles. The number of rotatable bonds is 6. The van der Waals surface area contributed by atoms with E-state index in [0.29, 0.717) is 34.3 Å². The van der Waals surface area contributed by atoms with Crippen molar-refractivity contribution in [3.63, 3.8) is 0 Å². The van der Waals surface area contributed by atoms with Crippen LogP contribution in [-0.2, 0) is 11.3 Å². The molecule has 134 valence electrons. The fourth-order valence-corrected chi connectivity index (χ4v) is 2.52. The fourth-order valence-electron chi connectivity index (χ4n) is 2.27. The largest absolute Gasteiger partial charge is 0.370 e. The van der Waals surface area contributed by atoms with Crippen LogP contribution in [0.25, 0.3) is 22.4 Å². The summed E-state index contributed by atoms with van der Waals surface area (Å²) < 4.78 is 1.65. The van der Waals surface area contributed by atoms with Crippen molar-refractivity contribution in [2.24, 2.45) is 5.73 Å². The summed E-state index contributed by atoms with van der Waals surface area (Å²) in [6.45, 7) is 3.11. The Balaban J connectivity index is 1.83. The van der Waals surface area contributed by atoms with Gasteiger partial charge in [-0.25, -0.2) is 9.97 Å². The zero-order valence-corrected chi connectivity index (χ0v) is 15.0. The molecule has 4 N–H and O–H groups in total. The summed E-state index contributed by atoms with van der Waals surface area (Å²) in [6.07, 6.45) is 5.35. The summed E-state index contributed by atoms with van der Waals surface area (Å²) >= 11 is 5.16. The lowest BCUT2D eigenvalue weighted by Gasteiger charge is -2.08. The van der Waals surface area contributed by atoms with Crippen LogP contribution in [0.2, 0.25) is 0 Å². The average Bonchev–Trinajstić information content (AvgIpc) is 3.08. The van der Waals surface area contributed by atoms with Crippen molar-refractivity contribution in [2.75, 3.05) is 11.9 Å². The van der Waals surface area contributed by atoms with Crippen molar-refractivity contribution >= 4 is 40.2 Å². The van der Waals surface area contributed by atoms with E-state index in [9.17, 15) is 4.79 Å². The lowest BCUT2D eigenvalue weighted by molar-refractivity contribution is -0.118. The second-order valence-electron chi connectivity index (χ2n) is 5.49. The molecule has 0 bridgehead atoms. The van der Waals surface area contributed by atoms with E-state index >= 15 is 0 Å². The van der Waals surface area contributed by atoms with Gasteiger partial charge >= 0.3 is 0 Å². The number of anilines is 1. The van der Waals surface area contributed by atoms with Crippen LogP contribution in [0.3, 0.4) is 0 Å². The summed E-state index contributed by atoms with van der Waals surface area (Å²) in [5.41, 5.74) is 7.76. The molecule has 3 rings (SSSR count). The summed E-state index contributed by atoms with van der Waals surface area (Å²) in [7, 11) is 0. The molecule has 0 fully saturated rings. The number of pyridine rings is 1. The normalized spacial score (nSPS) is 10.7. The van der Waals surface area contributed by atoms with Gasteiger partial charge in [0.2, 0.25) is 5.91 Å². The Labute approximate surface area is 155 Å². The van der Waals surface area contributed by atoms with Crippen molar-refractivity contribution in [3.8, 4) is 11.3 Å². The van der Waals surface area contributed by atoms with Crippen molar-refractivity contribution in [1.82, 2.24) is 30.0 Å². The number of hydrogen-bond acceptors (Lipinski definition) is 6. The van der Waals surface area contributed by atoms with Gasteiger partial charge in [0.25, 0.3) is 0 Å². The van der Waals surface area contributed by atoms with Crippen LogP contribution >= 0.6 is 12.2 Å². The first-order valence-corrected chi connectivity index (χ1v) is 8.45. The highest BCUT2D eigenvalue weighted by molar-refractivity contribution is 7.80. The Bertz CT molecular complexity index is 954. The monoisotopic (exact) mass is 370 g/mol. The molecule has 0 saturated carbocycles. The highest BCUT2D eigenvalue weighted by Crippen LogP contribution is 2.19. The van der Waals surface area contributed by atoms with Crippen LogP contribution in [0.4, 0.5) is 5.82 Å². The number of carbonyl (C=O) groups excluding carboxylic acids is 1. The zero-order valence-electron chi connectivity index (χ0n) is 14.1. The van der Waals surface area contributed by atoms with Gasteiger partial charge in [0.1, 0.15) is 11.3 Å². The SMILES string of the molecule is CCNC(=S)Nc1ccc2ncc(-c3cnn(CCC(N)=O)c3)nc2n1. The first-order valence-electron chi connectivity index (χ1n) is 8.05. The molecule has 0 aromatic carbocycles. The number of fused-ring (bicyclic) bond motifs is 1. The minimum Gasteiger partial charge on any atom is -0.370 e. The van der Waals surface area contributed by atoms with Crippen LogP contribution in [0.15, 0.2) is 30.7 Å².